The lowest BCUT2D eigenvalue weighted by Gasteiger charge is -2.20. The van der Waals surface area contributed by atoms with Crippen molar-refractivity contribution in [2.24, 2.45) is 0 Å². The predicted molar refractivity (Wildman–Crippen MR) is 112 cm³/mol. The highest BCUT2D eigenvalue weighted by Crippen LogP contribution is 2.45. The van der Waals surface area contributed by atoms with Crippen molar-refractivity contribution in [1.29, 1.82) is 0 Å². The van der Waals surface area contributed by atoms with Gasteiger partial charge >= 0.3 is 6.09 Å². The van der Waals surface area contributed by atoms with Gasteiger partial charge in [0.25, 0.3) is 5.95 Å². The monoisotopic (exact) mass is 419 g/mol. The Morgan fingerprint density at radius 2 is 2.03 bits per heavy atom. The number of rotatable bonds is 3. The topological polar surface area (TPSA) is 141 Å². The van der Waals surface area contributed by atoms with E-state index in [1.165, 1.54) is 13.2 Å². The molecular weight excluding hydrogens is 402 g/mol. The van der Waals surface area contributed by atoms with Crippen molar-refractivity contribution in [3.05, 3.63) is 59.8 Å². The maximum atomic E-state index is 11.1. The highest BCUT2D eigenvalue weighted by Gasteiger charge is 2.28. The van der Waals surface area contributed by atoms with E-state index in [1.54, 1.807) is 16.8 Å². The molecule has 5 rings (SSSR count). The Balaban J connectivity index is 1.79. The third kappa shape index (κ3) is 2.92. The minimum absolute atomic E-state index is 0.0469. The fourth-order valence-electron chi connectivity index (χ4n) is 3.87. The molecule has 10 heteroatoms. The zero-order chi connectivity index (χ0) is 21.7. The van der Waals surface area contributed by atoms with Gasteiger partial charge in [-0.15, -0.1) is 5.10 Å². The summed E-state index contributed by atoms with van der Waals surface area (Å²) < 4.78 is 6.77. The van der Waals surface area contributed by atoms with E-state index in [1.807, 2.05) is 30.3 Å². The van der Waals surface area contributed by atoms with Gasteiger partial charge < -0.3 is 25.4 Å². The molecule has 0 fully saturated rings. The number of para-hydroxylation sites is 1. The Labute approximate surface area is 175 Å². The van der Waals surface area contributed by atoms with Gasteiger partial charge in [0, 0.05) is 23.0 Å². The van der Waals surface area contributed by atoms with E-state index in [0.717, 1.165) is 16.8 Å². The Morgan fingerprint density at radius 3 is 2.81 bits per heavy atom. The van der Waals surface area contributed by atoms with Gasteiger partial charge in [0.1, 0.15) is 5.69 Å². The molecule has 31 heavy (non-hydrogen) atoms. The molecule has 0 radical (unpaired) electrons. The molecule has 0 bridgehead atoms. The molecular formula is C21H17N5O5. The fourth-order valence-corrected chi connectivity index (χ4v) is 3.87. The quantitative estimate of drug-likeness (QED) is 0.318. The molecule has 5 N–H and O–H groups in total. The highest BCUT2D eigenvalue weighted by atomic mass is 16.5. The van der Waals surface area contributed by atoms with Crippen molar-refractivity contribution < 1.29 is 24.9 Å². The molecule has 0 spiro atoms. The molecule has 1 unspecified atom stereocenters. The first-order valence-corrected chi connectivity index (χ1v) is 9.31. The largest absolute Gasteiger partial charge is 0.504 e. The van der Waals surface area contributed by atoms with Gasteiger partial charge in [0.2, 0.25) is 5.75 Å². The molecule has 3 heterocycles. The van der Waals surface area contributed by atoms with E-state index >= 15 is 0 Å². The number of benzene rings is 2. The summed E-state index contributed by atoms with van der Waals surface area (Å²) in [5.41, 5.74) is 4.22. The van der Waals surface area contributed by atoms with Gasteiger partial charge in [-0.2, -0.15) is 0 Å². The number of aromatic nitrogens is 3. The number of carbonyl (C=O) groups is 1. The third-order valence-electron chi connectivity index (χ3n) is 5.18. The van der Waals surface area contributed by atoms with Crippen molar-refractivity contribution in [3.63, 3.8) is 0 Å². The molecule has 156 valence electrons. The molecule has 1 aliphatic heterocycles. The lowest BCUT2D eigenvalue weighted by atomic mass is 9.98. The number of ether oxygens (including phenoxy) is 1. The van der Waals surface area contributed by atoms with Crippen LogP contribution in [0.2, 0.25) is 0 Å². The van der Waals surface area contributed by atoms with Crippen LogP contribution in [0.1, 0.15) is 17.2 Å². The molecule has 4 aromatic rings. The van der Waals surface area contributed by atoms with Crippen molar-refractivity contribution in [2.45, 2.75) is 6.04 Å². The second kappa shape index (κ2) is 6.80. The van der Waals surface area contributed by atoms with Crippen LogP contribution in [0, 0.1) is 0 Å². The Kier molecular flexibility index (Phi) is 4.07. The van der Waals surface area contributed by atoms with Gasteiger partial charge in [-0.25, -0.2) is 14.3 Å². The fraction of sp³-hybridized carbons (Fsp3) is 0.0952. The Morgan fingerprint density at radius 1 is 1.23 bits per heavy atom. The van der Waals surface area contributed by atoms with Crippen LogP contribution < -0.4 is 15.4 Å². The first-order chi connectivity index (χ1) is 15.0. The first-order valence-electron chi connectivity index (χ1n) is 9.31. The SMILES string of the molecule is COc1cc(C2Nc3ccccc3-c3nc(NC(=O)O)nn4ccc2c34)cc(O)c1O. The van der Waals surface area contributed by atoms with Gasteiger partial charge in [-0.3, -0.25) is 5.32 Å². The van der Waals surface area contributed by atoms with E-state index in [9.17, 15) is 15.0 Å². The van der Waals surface area contributed by atoms with Crippen LogP contribution >= 0.6 is 0 Å². The molecule has 0 saturated heterocycles. The minimum Gasteiger partial charge on any atom is -0.504 e. The second-order valence-electron chi connectivity index (χ2n) is 6.99. The summed E-state index contributed by atoms with van der Waals surface area (Å²) in [4.78, 5) is 15.6. The average Bonchev–Trinajstić information content (AvgIpc) is 3.10. The van der Waals surface area contributed by atoms with Crippen molar-refractivity contribution in [2.75, 3.05) is 17.7 Å². The summed E-state index contributed by atoms with van der Waals surface area (Å²) in [6.07, 6.45) is 0.451. The first kappa shape index (κ1) is 18.6. The Hall–Kier alpha value is -4.47. The predicted octanol–water partition coefficient (Wildman–Crippen LogP) is 3.42. The summed E-state index contributed by atoms with van der Waals surface area (Å²) >= 11 is 0. The number of hydrogen-bond donors (Lipinski definition) is 5. The number of phenolic OH excluding ortho intramolecular Hbond substituents is 2. The molecule has 10 nitrogen and oxygen atoms in total. The van der Waals surface area contributed by atoms with Crippen molar-refractivity contribution >= 4 is 23.2 Å². The van der Waals surface area contributed by atoms with Crippen LogP contribution in [0.25, 0.3) is 16.8 Å². The summed E-state index contributed by atoms with van der Waals surface area (Å²) in [5.74, 6) is -0.548. The Bertz CT molecular complexity index is 1350. The van der Waals surface area contributed by atoms with E-state index < -0.39 is 12.1 Å². The second-order valence-corrected chi connectivity index (χ2v) is 6.99. The van der Waals surface area contributed by atoms with Gasteiger partial charge in [0.05, 0.1) is 18.7 Å². The smallest absolute Gasteiger partial charge is 0.411 e. The van der Waals surface area contributed by atoms with Crippen LogP contribution in [0.3, 0.4) is 0 Å². The molecule has 0 saturated carbocycles. The summed E-state index contributed by atoms with van der Waals surface area (Å²) in [6, 6.07) is 12.0. The summed E-state index contributed by atoms with van der Waals surface area (Å²) in [5, 5.41) is 39.3. The number of anilines is 2. The number of methoxy groups -OCH3 is 1. The van der Waals surface area contributed by atoms with E-state index in [-0.39, 0.29) is 23.2 Å². The number of nitrogens with one attached hydrogen (secondary N) is 2. The van der Waals surface area contributed by atoms with Crippen molar-refractivity contribution in [1.82, 2.24) is 14.6 Å². The van der Waals surface area contributed by atoms with E-state index in [0.29, 0.717) is 16.8 Å². The lowest BCUT2D eigenvalue weighted by Crippen LogP contribution is -2.13. The van der Waals surface area contributed by atoms with Crippen LogP contribution in [0.4, 0.5) is 16.4 Å². The zero-order valence-corrected chi connectivity index (χ0v) is 16.2. The molecule has 2 aromatic carbocycles. The number of amides is 1. The van der Waals surface area contributed by atoms with Crippen LogP contribution in [-0.4, -0.2) is 43.1 Å². The third-order valence-corrected chi connectivity index (χ3v) is 5.18. The van der Waals surface area contributed by atoms with Gasteiger partial charge in [-0.05, 0) is 29.8 Å². The molecule has 1 aliphatic rings. The number of nitrogens with zero attached hydrogens (tertiary/aromatic N) is 3. The van der Waals surface area contributed by atoms with Crippen LogP contribution in [0.15, 0.2) is 48.7 Å². The highest BCUT2D eigenvalue weighted by molar-refractivity contribution is 5.91. The number of fused-ring (bicyclic) bond motifs is 2. The molecule has 1 atom stereocenters. The number of hydrogen-bond acceptors (Lipinski definition) is 7. The normalized spacial score (nSPS) is 14.4. The molecule has 0 aliphatic carbocycles. The zero-order valence-electron chi connectivity index (χ0n) is 16.2. The minimum atomic E-state index is -1.26. The maximum Gasteiger partial charge on any atom is 0.411 e. The standard InChI is InChI=1S/C21H17N5O5/c1-31-15-9-10(8-14(27)19(15)28)16-12-6-7-26-18(12)17(23-20(25-26)24-21(29)30)11-4-2-3-5-13(11)22-16/h2-9,16,22,27-28H,1H3,(H,24,25)(H,29,30). The van der Waals surface area contributed by atoms with Gasteiger partial charge in [-0.1, -0.05) is 18.2 Å². The lowest BCUT2D eigenvalue weighted by molar-refractivity contribution is 0.209. The van der Waals surface area contributed by atoms with Gasteiger partial charge in [0.15, 0.2) is 11.5 Å². The maximum absolute atomic E-state index is 11.1. The van der Waals surface area contributed by atoms with Crippen LogP contribution in [-0.2, 0) is 0 Å². The number of carboxylic acid groups (broad SMARTS) is 1. The molecule has 1 amide bonds. The summed E-state index contributed by atoms with van der Waals surface area (Å²) in [6.45, 7) is 0. The van der Waals surface area contributed by atoms with E-state index in [4.69, 9.17) is 9.84 Å². The average molecular weight is 419 g/mol. The van der Waals surface area contributed by atoms with E-state index in [2.05, 4.69) is 20.7 Å². The van der Waals surface area contributed by atoms with Crippen LogP contribution in [0.5, 0.6) is 17.2 Å². The summed E-state index contributed by atoms with van der Waals surface area (Å²) in [7, 11) is 1.41. The molecule has 2 aromatic heterocycles. The van der Waals surface area contributed by atoms with Crippen molar-refractivity contribution in [3.8, 4) is 28.5 Å². The number of aromatic hydroxyl groups is 2. The number of phenols is 2.